The first-order chi connectivity index (χ1) is 10.3. The second kappa shape index (κ2) is 11.1. The molecule has 2 aromatic rings. The van der Waals surface area contributed by atoms with Crippen LogP contribution >= 0.6 is 46.4 Å². The normalized spacial score (nSPS) is 11.0. The fraction of sp³-hybridized carbons (Fsp3) is 0.143. The summed E-state index contributed by atoms with van der Waals surface area (Å²) in [5.41, 5.74) is 1.90. The molecule has 9 heteroatoms. The van der Waals surface area contributed by atoms with Crippen molar-refractivity contribution in [2.45, 2.75) is 10.8 Å². The van der Waals surface area contributed by atoms with Gasteiger partial charge in [0.25, 0.3) is 0 Å². The van der Waals surface area contributed by atoms with E-state index in [-0.39, 0.29) is 25.7 Å². The first-order valence-electron chi connectivity index (χ1n) is 5.92. The van der Waals surface area contributed by atoms with E-state index < -0.39 is 9.92 Å². The van der Waals surface area contributed by atoms with Crippen LogP contribution in [-0.4, -0.2) is 29.7 Å². The van der Waals surface area contributed by atoms with Gasteiger partial charge in [0, 0.05) is 35.8 Å². The number of alkyl halides is 2. The molecule has 2 aromatic carbocycles. The maximum Gasteiger partial charge on any atom is 0.118 e. The Morgan fingerprint density at radius 1 is 0.913 bits per heavy atom. The van der Waals surface area contributed by atoms with Crippen LogP contribution in [0.1, 0.15) is 17.0 Å². The van der Waals surface area contributed by atoms with Crippen LogP contribution in [0.15, 0.2) is 48.5 Å². The Labute approximate surface area is 166 Å². The molecule has 0 aliphatic heterocycles. The Bertz CT molecular complexity index is 622. The molecule has 0 heterocycles. The van der Waals surface area contributed by atoms with E-state index in [0.717, 1.165) is 11.1 Å². The summed E-state index contributed by atoms with van der Waals surface area (Å²) < 4.78 is 0. The first kappa shape index (κ1) is 22.4. The fourth-order valence-electron chi connectivity index (χ4n) is 1.86. The number of benzene rings is 2. The molecule has 0 amide bonds. The third-order valence-electron chi connectivity index (χ3n) is 2.72. The van der Waals surface area contributed by atoms with E-state index in [9.17, 15) is 0 Å². The van der Waals surface area contributed by atoms with Crippen molar-refractivity contribution in [3.63, 3.8) is 0 Å². The quantitative estimate of drug-likeness (QED) is 0.275. The third kappa shape index (κ3) is 7.70. The van der Waals surface area contributed by atoms with E-state index in [0.29, 0.717) is 10.0 Å². The number of hydrogen-bond donors (Lipinski definition) is 0. The zero-order valence-corrected chi connectivity index (χ0v) is 17.0. The number of nitrogens with zero attached hydrogens (tertiary/aromatic N) is 1. The second-order valence-electron chi connectivity index (χ2n) is 4.11. The summed E-state index contributed by atoms with van der Waals surface area (Å²) in [5, 5.41) is 16.1. The Kier molecular flexibility index (Phi) is 10.8. The van der Waals surface area contributed by atoms with E-state index in [1.807, 2.05) is 48.5 Å². The molecule has 0 fully saturated rings. The predicted octanol–water partition coefficient (Wildman–Crippen LogP) is 5.31. The van der Waals surface area contributed by atoms with Gasteiger partial charge in [-0.25, -0.2) is 0 Å². The molecule has 0 aliphatic rings. The van der Waals surface area contributed by atoms with E-state index >= 15 is 0 Å². The molecule has 1 atom stereocenters. The van der Waals surface area contributed by atoms with Crippen LogP contribution in [0.3, 0.4) is 0 Å². The molecule has 4 nitrogen and oxygen atoms in total. The summed E-state index contributed by atoms with van der Waals surface area (Å²) in [7, 11) is 0. The van der Waals surface area contributed by atoms with Crippen LogP contribution in [0.4, 0.5) is 0 Å². The molecule has 23 heavy (non-hydrogen) atoms. The number of hydrogen-bond acceptors (Lipinski definition) is 3. The summed E-state index contributed by atoms with van der Waals surface area (Å²) >= 11 is 24.3. The Hall–Kier alpha value is -0.564. The summed E-state index contributed by atoms with van der Waals surface area (Å²) in [5.74, 6) is -0.167. The summed E-state index contributed by atoms with van der Waals surface area (Å²) in [4.78, 5) is 7.67. The van der Waals surface area contributed by atoms with Crippen LogP contribution < -0.4 is 0 Å². The van der Waals surface area contributed by atoms with Crippen LogP contribution in [0.2, 0.25) is 10.0 Å². The van der Waals surface area contributed by atoms with Crippen molar-refractivity contribution in [2.24, 2.45) is 0 Å². The topological polar surface area (TPSA) is 66.2 Å². The summed E-state index contributed by atoms with van der Waals surface area (Å²) in [6.07, 6.45) is 0. The minimum absolute atomic E-state index is 0. The van der Waals surface area contributed by atoms with Gasteiger partial charge in [-0.1, -0.05) is 53.5 Å². The molecule has 0 N–H and O–H groups in total. The standard InChI is InChI=1S/C14H10Cl4.Ga.NO3/c15-10-7-5-9(6-8-10)13(14(17)18)11-3-1-2-4-12(11)16;;2-1(3)4/h1-8,13-14H;;/q;;-1. The van der Waals surface area contributed by atoms with Crippen LogP contribution in [0.25, 0.3) is 0 Å². The molecule has 2 rings (SSSR count). The van der Waals surface area contributed by atoms with E-state index in [2.05, 4.69) is 0 Å². The maximum absolute atomic E-state index is 8.25. The van der Waals surface area contributed by atoms with Crippen LogP contribution in [0.5, 0.6) is 0 Å². The second-order valence-corrected chi connectivity index (χ2v) is 6.12. The van der Waals surface area contributed by atoms with Crippen molar-refractivity contribution in [2.75, 3.05) is 0 Å². The first-order valence-corrected chi connectivity index (χ1v) is 7.55. The van der Waals surface area contributed by atoms with Gasteiger partial charge in [-0.3, -0.25) is 0 Å². The van der Waals surface area contributed by atoms with Crippen LogP contribution in [0, 0.1) is 15.3 Å². The van der Waals surface area contributed by atoms with Gasteiger partial charge in [-0.05, 0) is 29.3 Å². The smallest absolute Gasteiger partial charge is 0.118 e. The molecule has 0 saturated heterocycles. The minimum Gasteiger partial charge on any atom is -0.356 e. The van der Waals surface area contributed by atoms with Crippen molar-refractivity contribution in [3.8, 4) is 0 Å². The van der Waals surface area contributed by atoms with Gasteiger partial charge in [0.1, 0.15) is 4.84 Å². The number of rotatable bonds is 3. The summed E-state index contributed by atoms with van der Waals surface area (Å²) in [6, 6.07) is 15.0. The van der Waals surface area contributed by atoms with Crippen molar-refractivity contribution < 1.29 is 5.09 Å². The van der Waals surface area contributed by atoms with Gasteiger partial charge in [-0.15, -0.1) is 23.2 Å². The molecular formula is C14H10Cl4GaNO3-. The minimum atomic E-state index is -1.75. The molecule has 1 unspecified atom stereocenters. The van der Waals surface area contributed by atoms with Crippen molar-refractivity contribution >= 4 is 66.2 Å². The molecule has 0 spiro atoms. The molecular weight excluding hydrogens is 442 g/mol. The average Bonchev–Trinajstić information content (AvgIpc) is 2.42. The van der Waals surface area contributed by atoms with Crippen LogP contribution in [-0.2, 0) is 0 Å². The molecule has 3 radical (unpaired) electrons. The predicted molar refractivity (Wildman–Crippen MR) is 96.4 cm³/mol. The molecule has 121 valence electrons. The van der Waals surface area contributed by atoms with E-state index in [4.69, 9.17) is 61.7 Å². The third-order valence-corrected chi connectivity index (χ3v) is 3.82. The largest absolute Gasteiger partial charge is 0.356 e. The molecule has 0 bridgehead atoms. The van der Waals surface area contributed by atoms with Gasteiger partial charge in [-0.2, -0.15) is 0 Å². The van der Waals surface area contributed by atoms with Gasteiger partial charge in [0.05, 0.1) is 5.09 Å². The van der Waals surface area contributed by atoms with Gasteiger partial charge in [0.2, 0.25) is 0 Å². The average molecular weight is 452 g/mol. The Balaban J connectivity index is 0.000000871. The van der Waals surface area contributed by atoms with Gasteiger partial charge >= 0.3 is 0 Å². The summed E-state index contributed by atoms with van der Waals surface area (Å²) in [6.45, 7) is 0. The number of halogens is 4. The fourth-order valence-corrected chi connectivity index (χ4v) is 2.80. The zero-order chi connectivity index (χ0) is 16.7. The molecule has 0 aliphatic carbocycles. The van der Waals surface area contributed by atoms with Crippen molar-refractivity contribution in [1.29, 1.82) is 0 Å². The van der Waals surface area contributed by atoms with E-state index in [1.165, 1.54) is 0 Å². The van der Waals surface area contributed by atoms with Gasteiger partial charge in [0.15, 0.2) is 0 Å². The van der Waals surface area contributed by atoms with E-state index in [1.54, 1.807) is 0 Å². The van der Waals surface area contributed by atoms with Crippen molar-refractivity contribution in [1.82, 2.24) is 0 Å². The van der Waals surface area contributed by atoms with Gasteiger partial charge < -0.3 is 15.3 Å². The zero-order valence-electron chi connectivity index (χ0n) is 11.5. The van der Waals surface area contributed by atoms with Crippen molar-refractivity contribution in [3.05, 3.63) is 85.0 Å². The SMILES string of the molecule is Clc1ccc(C(c2ccccc2Cl)C(Cl)Cl)cc1.O=[N+]([O-])[O-].[Ga]. The monoisotopic (exact) mass is 449 g/mol. The Morgan fingerprint density at radius 2 is 1.39 bits per heavy atom. The Morgan fingerprint density at radius 3 is 1.83 bits per heavy atom. The maximum atomic E-state index is 8.25. The molecule has 0 saturated carbocycles. The molecule has 0 aromatic heterocycles.